The number of rotatable bonds is 4. The molecule has 10 heteroatoms. The minimum absolute atomic E-state index is 0.136. The number of nitrogens with zero attached hydrogens (tertiary/aromatic N) is 2. The highest BCUT2D eigenvalue weighted by Gasteiger charge is 2.34. The molecule has 24 heavy (non-hydrogen) atoms. The van der Waals surface area contributed by atoms with E-state index in [-0.39, 0.29) is 17.1 Å². The number of aliphatic carboxylic acids is 2. The Morgan fingerprint density at radius 1 is 1.17 bits per heavy atom. The van der Waals surface area contributed by atoms with Crippen LogP contribution >= 0.6 is 0 Å². The van der Waals surface area contributed by atoms with E-state index in [0.29, 0.717) is 0 Å². The zero-order valence-corrected chi connectivity index (χ0v) is 12.5. The minimum atomic E-state index is -1.45. The average Bonchev–Trinajstić information content (AvgIpc) is 2.45. The van der Waals surface area contributed by atoms with Gasteiger partial charge in [-0.05, 0) is 26.0 Å². The highest BCUT2D eigenvalue weighted by Crippen LogP contribution is 2.33. The first-order chi connectivity index (χ1) is 11.1. The van der Waals surface area contributed by atoms with Crippen LogP contribution in [0.15, 0.2) is 41.0 Å². The van der Waals surface area contributed by atoms with Crippen LogP contribution in [0.2, 0.25) is 0 Å². The lowest BCUT2D eigenvalue weighted by Gasteiger charge is -2.32. The van der Waals surface area contributed by atoms with Gasteiger partial charge in [0.05, 0.1) is 10.6 Å². The first-order valence-corrected chi connectivity index (χ1v) is 6.54. The normalized spacial score (nSPS) is 14.5. The maximum Gasteiger partial charge on any atom is 0.354 e. The highest BCUT2D eigenvalue weighted by atomic mass is 19.1. The van der Waals surface area contributed by atoms with Crippen molar-refractivity contribution in [2.24, 2.45) is 0 Å². The molecule has 1 heterocycles. The second-order valence-corrected chi connectivity index (χ2v) is 4.91. The first kappa shape index (κ1) is 16.9. The number of anilines is 1. The zero-order chi connectivity index (χ0) is 18.2. The summed E-state index contributed by atoms with van der Waals surface area (Å²) in [5.74, 6) is -4.01. The molecule has 0 amide bonds. The molecular weight excluding hydrogens is 325 g/mol. The van der Waals surface area contributed by atoms with Crippen LogP contribution in [0, 0.1) is 15.9 Å². The lowest BCUT2D eigenvalue weighted by Crippen LogP contribution is -2.39. The zero-order valence-electron chi connectivity index (χ0n) is 12.5. The van der Waals surface area contributed by atoms with Crippen LogP contribution in [0.4, 0.5) is 15.8 Å². The Morgan fingerprint density at radius 3 is 2.08 bits per heavy atom. The second-order valence-electron chi connectivity index (χ2n) is 4.91. The van der Waals surface area contributed by atoms with Gasteiger partial charge in [0, 0.05) is 17.5 Å². The van der Waals surface area contributed by atoms with Crippen LogP contribution < -0.4 is 10.2 Å². The highest BCUT2D eigenvalue weighted by molar-refractivity contribution is 6.02. The molecule has 0 spiro atoms. The SMILES string of the molecule is CC1=C(C(=O)O)N(c2ccc(F)c([N+](=O)[O-])c2)C(C(=O)O)=C(C)N1. The van der Waals surface area contributed by atoms with E-state index < -0.39 is 39.8 Å². The van der Waals surface area contributed by atoms with Gasteiger partial charge in [0.1, 0.15) is 0 Å². The standard InChI is InChI=1S/C14H12FN3O6/c1-6-11(13(19)20)17(12(14(21)22)7(2)16-6)8-3-4-9(15)10(5-8)18(23)24/h3-5,16H,1-2H3,(H,19,20)(H,21,22). The van der Waals surface area contributed by atoms with Gasteiger partial charge in [0.15, 0.2) is 11.4 Å². The van der Waals surface area contributed by atoms with Crippen molar-refractivity contribution in [2.45, 2.75) is 13.8 Å². The minimum Gasteiger partial charge on any atom is -0.477 e. The van der Waals surface area contributed by atoms with Gasteiger partial charge >= 0.3 is 17.6 Å². The lowest BCUT2D eigenvalue weighted by atomic mass is 10.1. The van der Waals surface area contributed by atoms with Gasteiger partial charge in [-0.3, -0.25) is 15.0 Å². The molecule has 0 radical (unpaired) electrons. The van der Waals surface area contributed by atoms with Crippen molar-refractivity contribution in [3.05, 3.63) is 56.9 Å². The van der Waals surface area contributed by atoms with Crippen molar-refractivity contribution in [3.63, 3.8) is 0 Å². The van der Waals surface area contributed by atoms with Crippen molar-refractivity contribution >= 4 is 23.3 Å². The molecule has 0 atom stereocenters. The van der Waals surface area contributed by atoms with Gasteiger partial charge in [-0.2, -0.15) is 4.39 Å². The maximum atomic E-state index is 13.5. The lowest BCUT2D eigenvalue weighted by molar-refractivity contribution is -0.387. The number of hydrogen-bond donors (Lipinski definition) is 3. The summed E-state index contributed by atoms with van der Waals surface area (Å²) in [5, 5.41) is 32.3. The average molecular weight is 337 g/mol. The Hall–Kier alpha value is -3.43. The van der Waals surface area contributed by atoms with Gasteiger partial charge in [-0.25, -0.2) is 9.59 Å². The number of allylic oxidation sites excluding steroid dienone is 2. The van der Waals surface area contributed by atoms with Crippen molar-refractivity contribution in [3.8, 4) is 0 Å². The number of carbonyl (C=O) groups is 2. The molecule has 9 nitrogen and oxygen atoms in total. The number of nitro benzene ring substituents is 1. The van der Waals surface area contributed by atoms with E-state index in [1.807, 2.05) is 0 Å². The van der Waals surface area contributed by atoms with E-state index in [4.69, 9.17) is 0 Å². The summed E-state index contributed by atoms with van der Waals surface area (Å²) >= 11 is 0. The molecule has 0 aliphatic carbocycles. The third-order valence-corrected chi connectivity index (χ3v) is 3.32. The van der Waals surface area contributed by atoms with Crippen molar-refractivity contribution in [1.82, 2.24) is 5.32 Å². The number of halogens is 1. The smallest absolute Gasteiger partial charge is 0.354 e. The second kappa shape index (κ2) is 5.99. The van der Waals surface area contributed by atoms with Crippen LogP contribution in [0.1, 0.15) is 13.8 Å². The molecule has 2 rings (SSSR count). The van der Waals surface area contributed by atoms with Gasteiger partial charge in [-0.1, -0.05) is 0 Å². The molecule has 0 saturated heterocycles. The Balaban J connectivity index is 2.76. The molecule has 0 fully saturated rings. The molecule has 0 aromatic heterocycles. The molecule has 1 aliphatic rings. The Morgan fingerprint density at radius 2 is 1.67 bits per heavy atom. The van der Waals surface area contributed by atoms with E-state index in [9.17, 15) is 34.3 Å². The third-order valence-electron chi connectivity index (χ3n) is 3.32. The maximum absolute atomic E-state index is 13.5. The molecule has 0 saturated carbocycles. The van der Waals surface area contributed by atoms with Crippen LogP contribution in [-0.2, 0) is 9.59 Å². The summed E-state index contributed by atoms with van der Waals surface area (Å²) in [4.78, 5) is 33.8. The third kappa shape index (κ3) is 2.76. The molecule has 1 aromatic rings. The Kier molecular flexibility index (Phi) is 4.22. The van der Waals surface area contributed by atoms with E-state index in [2.05, 4.69) is 5.32 Å². The topological polar surface area (TPSA) is 133 Å². The first-order valence-electron chi connectivity index (χ1n) is 6.54. The van der Waals surface area contributed by atoms with Crippen molar-refractivity contribution < 1.29 is 29.1 Å². The molecule has 0 unspecified atom stereocenters. The fourth-order valence-corrected chi connectivity index (χ4v) is 2.40. The molecular formula is C14H12FN3O6. The van der Waals surface area contributed by atoms with Crippen molar-refractivity contribution in [2.75, 3.05) is 4.90 Å². The van der Waals surface area contributed by atoms with E-state index in [0.717, 1.165) is 23.1 Å². The molecule has 1 aromatic carbocycles. The number of hydrogen-bond acceptors (Lipinski definition) is 6. The predicted molar refractivity (Wildman–Crippen MR) is 79.3 cm³/mol. The molecule has 0 bridgehead atoms. The fraction of sp³-hybridized carbons (Fsp3) is 0.143. The fourth-order valence-electron chi connectivity index (χ4n) is 2.40. The number of nitrogens with one attached hydrogen (secondary N) is 1. The van der Waals surface area contributed by atoms with Gasteiger partial charge in [-0.15, -0.1) is 0 Å². The van der Waals surface area contributed by atoms with E-state index in [1.165, 1.54) is 13.8 Å². The summed E-state index contributed by atoms with van der Waals surface area (Å²) in [7, 11) is 0. The van der Waals surface area contributed by atoms with Crippen molar-refractivity contribution in [1.29, 1.82) is 0 Å². The summed E-state index contributed by atoms with van der Waals surface area (Å²) in [6, 6.07) is 2.63. The number of carboxylic acid groups (broad SMARTS) is 2. The summed E-state index contributed by atoms with van der Waals surface area (Å²) < 4.78 is 13.5. The molecule has 126 valence electrons. The van der Waals surface area contributed by atoms with Crippen LogP contribution in [0.5, 0.6) is 0 Å². The van der Waals surface area contributed by atoms with E-state index >= 15 is 0 Å². The Bertz CT molecular complexity index is 794. The molecule has 1 aliphatic heterocycles. The Labute approximate surface area is 134 Å². The van der Waals surface area contributed by atoms with Crippen LogP contribution in [0.3, 0.4) is 0 Å². The number of nitro groups is 1. The van der Waals surface area contributed by atoms with Gasteiger partial charge in [0.25, 0.3) is 0 Å². The van der Waals surface area contributed by atoms with E-state index in [1.54, 1.807) is 0 Å². The number of carboxylic acids is 2. The quantitative estimate of drug-likeness (QED) is 0.559. The predicted octanol–water partition coefficient (Wildman–Crippen LogP) is 1.78. The molecule has 3 N–H and O–H groups in total. The summed E-state index contributed by atoms with van der Waals surface area (Å²) in [6.07, 6.45) is 0. The summed E-state index contributed by atoms with van der Waals surface area (Å²) in [5.41, 5.74) is -1.64. The number of benzene rings is 1. The largest absolute Gasteiger partial charge is 0.477 e. The summed E-state index contributed by atoms with van der Waals surface area (Å²) in [6.45, 7) is 2.83. The van der Waals surface area contributed by atoms with Crippen LogP contribution in [-0.4, -0.2) is 27.1 Å². The van der Waals surface area contributed by atoms with Gasteiger partial charge in [0.2, 0.25) is 5.82 Å². The van der Waals surface area contributed by atoms with Gasteiger partial charge < -0.3 is 15.5 Å². The van der Waals surface area contributed by atoms with Crippen LogP contribution in [0.25, 0.3) is 0 Å². The monoisotopic (exact) mass is 337 g/mol.